The molecule has 0 aromatic heterocycles. The van der Waals surface area contributed by atoms with Crippen molar-refractivity contribution in [2.45, 2.75) is 25.6 Å². The minimum atomic E-state index is -0.358. The van der Waals surface area contributed by atoms with Gasteiger partial charge in [0.2, 0.25) is 5.91 Å². The maximum Gasteiger partial charge on any atom is 0.337 e. The predicted octanol–water partition coefficient (Wildman–Crippen LogP) is 1.89. The summed E-state index contributed by atoms with van der Waals surface area (Å²) in [6.07, 6.45) is 0.631. The number of nitrogens with two attached hydrogens (primary N) is 1. The van der Waals surface area contributed by atoms with Gasteiger partial charge in [0.05, 0.1) is 18.7 Å². The van der Waals surface area contributed by atoms with Gasteiger partial charge in [0.1, 0.15) is 0 Å². The van der Waals surface area contributed by atoms with Crippen molar-refractivity contribution in [3.63, 3.8) is 0 Å². The van der Waals surface area contributed by atoms with Crippen LogP contribution in [-0.2, 0) is 29.0 Å². The van der Waals surface area contributed by atoms with Crippen LogP contribution in [0.3, 0.4) is 0 Å². The van der Waals surface area contributed by atoms with Gasteiger partial charge in [-0.05, 0) is 35.2 Å². The third-order valence-electron chi connectivity index (χ3n) is 4.43. The molecule has 0 saturated carbocycles. The van der Waals surface area contributed by atoms with E-state index in [1.807, 2.05) is 30.3 Å². The molecule has 5 nitrogen and oxygen atoms in total. The first-order valence-electron chi connectivity index (χ1n) is 7.86. The first-order chi connectivity index (χ1) is 11.6. The zero-order valence-corrected chi connectivity index (χ0v) is 13.6. The molecule has 1 heterocycles. The summed E-state index contributed by atoms with van der Waals surface area (Å²) < 4.78 is 4.70. The standard InChI is InChI=1S/C19H20N2O3/c1-24-19(23)14-8-6-13(7-9-14)11-21-12-16-5-3-2-4-15(16)10-17(21)18(20)22/h2-9,17H,10-12H2,1H3,(H2,20,22)/t17-/m0/s1. The molecule has 1 aliphatic rings. The van der Waals surface area contributed by atoms with Crippen molar-refractivity contribution in [3.8, 4) is 0 Å². The van der Waals surface area contributed by atoms with Crippen molar-refractivity contribution in [2.24, 2.45) is 5.73 Å². The molecule has 3 rings (SSSR count). The molecule has 0 fully saturated rings. The van der Waals surface area contributed by atoms with E-state index >= 15 is 0 Å². The highest BCUT2D eigenvalue weighted by molar-refractivity contribution is 5.89. The monoisotopic (exact) mass is 324 g/mol. The molecular weight excluding hydrogens is 304 g/mol. The second-order valence-electron chi connectivity index (χ2n) is 5.98. The molecule has 0 saturated heterocycles. The second kappa shape index (κ2) is 6.84. The Kier molecular flexibility index (Phi) is 4.62. The molecule has 1 aliphatic heterocycles. The van der Waals surface area contributed by atoms with Crippen LogP contribution < -0.4 is 5.73 Å². The maximum absolute atomic E-state index is 11.9. The van der Waals surface area contributed by atoms with Gasteiger partial charge >= 0.3 is 5.97 Å². The topological polar surface area (TPSA) is 72.6 Å². The van der Waals surface area contributed by atoms with Crippen LogP contribution in [0.1, 0.15) is 27.0 Å². The molecule has 1 amide bonds. The minimum Gasteiger partial charge on any atom is -0.465 e. The van der Waals surface area contributed by atoms with Crippen LogP contribution in [0, 0.1) is 0 Å². The van der Waals surface area contributed by atoms with E-state index in [0.29, 0.717) is 25.1 Å². The van der Waals surface area contributed by atoms with E-state index in [0.717, 1.165) is 5.56 Å². The van der Waals surface area contributed by atoms with E-state index in [-0.39, 0.29) is 17.9 Å². The molecule has 24 heavy (non-hydrogen) atoms. The number of esters is 1. The Hall–Kier alpha value is -2.66. The molecule has 0 aliphatic carbocycles. The molecule has 2 N–H and O–H groups in total. The van der Waals surface area contributed by atoms with Crippen LogP contribution in [0.15, 0.2) is 48.5 Å². The van der Waals surface area contributed by atoms with Crippen molar-refractivity contribution >= 4 is 11.9 Å². The van der Waals surface area contributed by atoms with Crippen molar-refractivity contribution in [1.82, 2.24) is 4.90 Å². The fourth-order valence-corrected chi connectivity index (χ4v) is 3.12. The number of hydrogen-bond donors (Lipinski definition) is 1. The lowest BCUT2D eigenvalue weighted by molar-refractivity contribution is -0.124. The molecule has 124 valence electrons. The number of primary amides is 1. The molecular formula is C19H20N2O3. The Morgan fingerprint density at radius 3 is 2.42 bits per heavy atom. The van der Waals surface area contributed by atoms with Crippen LogP contribution in [0.4, 0.5) is 0 Å². The number of carbonyl (C=O) groups excluding carboxylic acids is 2. The molecule has 0 spiro atoms. The highest BCUT2D eigenvalue weighted by Gasteiger charge is 2.29. The van der Waals surface area contributed by atoms with E-state index in [1.165, 1.54) is 18.2 Å². The van der Waals surface area contributed by atoms with Gasteiger partial charge in [-0.2, -0.15) is 0 Å². The van der Waals surface area contributed by atoms with E-state index < -0.39 is 0 Å². The lowest BCUT2D eigenvalue weighted by Crippen LogP contribution is -2.48. The number of rotatable bonds is 4. The lowest BCUT2D eigenvalue weighted by atomic mass is 9.93. The SMILES string of the molecule is COC(=O)c1ccc(CN2Cc3ccccc3C[C@H]2C(N)=O)cc1. The summed E-state index contributed by atoms with van der Waals surface area (Å²) in [4.78, 5) is 25.4. The van der Waals surface area contributed by atoms with Crippen LogP contribution in [0.2, 0.25) is 0 Å². The number of benzene rings is 2. The van der Waals surface area contributed by atoms with Crippen LogP contribution in [-0.4, -0.2) is 29.9 Å². The molecule has 1 atom stereocenters. The predicted molar refractivity (Wildman–Crippen MR) is 90.2 cm³/mol. The van der Waals surface area contributed by atoms with E-state index in [2.05, 4.69) is 11.0 Å². The largest absolute Gasteiger partial charge is 0.465 e. The molecule has 2 aromatic carbocycles. The molecule has 0 radical (unpaired) electrons. The van der Waals surface area contributed by atoms with Gasteiger partial charge in [-0.25, -0.2) is 4.79 Å². The number of amides is 1. The van der Waals surface area contributed by atoms with Crippen molar-refractivity contribution in [1.29, 1.82) is 0 Å². The van der Waals surface area contributed by atoms with Crippen LogP contribution in [0.5, 0.6) is 0 Å². The summed E-state index contributed by atoms with van der Waals surface area (Å²) in [5.74, 6) is -0.667. The Morgan fingerprint density at radius 1 is 1.12 bits per heavy atom. The first-order valence-corrected chi connectivity index (χ1v) is 7.86. The van der Waals surface area contributed by atoms with Gasteiger partial charge in [-0.1, -0.05) is 36.4 Å². The van der Waals surface area contributed by atoms with Gasteiger partial charge in [-0.3, -0.25) is 9.69 Å². The highest BCUT2D eigenvalue weighted by atomic mass is 16.5. The normalized spacial score (nSPS) is 17.1. The fraction of sp³-hybridized carbons (Fsp3) is 0.263. The van der Waals surface area contributed by atoms with Gasteiger partial charge < -0.3 is 10.5 Å². The Labute approximate surface area is 141 Å². The summed E-state index contributed by atoms with van der Waals surface area (Å²) in [5, 5.41) is 0. The summed E-state index contributed by atoms with van der Waals surface area (Å²) >= 11 is 0. The summed E-state index contributed by atoms with van der Waals surface area (Å²) in [5.41, 5.74) is 9.54. The summed E-state index contributed by atoms with van der Waals surface area (Å²) in [6.45, 7) is 1.28. The van der Waals surface area contributed by atoms with E-state index in [9.17, 15) is 9.59 Å². The molecule has 5 heteroatoms. The average Bonchev–Trinajstić information content (AvgIpc) is 2.61. The first kappa shape index (κ1) is 16.2. The quantitative estimate of drug-likeness (QED) is 0.872. The molecule has 2 aromatic rings. The third kappa shape index (κ3) is 3.31. The van der Waals surface area contributed by atoms with Gasteiger partial charge in [0.15, 0.2) is 0 Å². The summed E-state index contributed by atoms with van der Waals surface area (Å²) in [7, 11) is 1.36. The van der Waals surface area contributed by atoms with Gasteiger partial charge in [-0.15, -0.1) is 0 Å². The Morgan fingerprint density at radius 2 is 1.79 bits per heavy atom. The van der Waals surface area contributed by atoms with E-state index in [4.69, 9.17) is 10.5 Å². The molecule has 0 bridgehead atoms. The number of fused-ring (bicyclic) bond motifs is 1. The van der Waals surface area contributed by atoms with Crippen LogP contribution >= 0.6 is 0 Å². The minimum absolute atomic E-state index is 0.310. The maximum atomic E-state index is 11.9. The number of carbonyl (C=O) groups is 2. The van der Waals surface area contributed by atoms with Gasteiger partial charge in [0, 0.05) is 13.1 Å². The highest BCUT2D eigenvalue weighted by Crippen LogP contribution is 2.25. The van der Waals surface area contributed by atoms with E-state index in [1.54, 1.807) is 12.1 Å². The van der Waals surface area contributed by atoms with Crippen molar-refractivity contribution in [3.05, 3.63) is 70.8 Å². The zero-order chi connectivity index (χ0) is 17.1. The lowest BCUT2D eigenvalue weighted by Gasteiger charge is -2.35. The number of nitrogens with zero attached hydrogens (tertiary/aromatic N) is 1. The Bertz CT molecular complexity index is 755. The number of methoxy groups -OCH3 is 1. The second-order valence-corrected chi connectivity index (χ2v) is 5.98. The zero-order valence-electron chi connectivity index (χ0n) is 13.6. The Balaban J connectivity index is 1.80. The number of ether oxygens (including phenoxy) is 1. The fourth-order valence-electron chi connectivity index (χ4n) is 3.12. The smallest absolute Gasteiger partial charge is 0.337 e. The average molecular weight is 324 g/mol. The molecule has 0 unspecified atom stereocenters. The third-order valence-corrected chi connectivity index (χ3v) is 4.43. The van der Waals surface area contributed by atoms with Crippen molar-refractivity contribution in [2.75, 3.05) is 7.11 Å². The van der Waals surface area contributed by atoms with Crippen LogP contribution in [0.25, 0.3) is 0 Å². The van der Waals surface area contributed by atoms with Gasteiger partial charge in [0.25, 0.3) is 0 Å². The van der Waals surface area contributed by atoms with Crippen molar-refractivity contribution < 1.29 is 14.3 Å². The number of hydrogen-bond acceptors (Lipinski definition) is 4. The summed E-state index contributed by atoms with van der Waals surface area (Å²) in [6, 6.07) is 15.0.